The zero-order chi connectivity index (χ0) is 15.7. The Morgan fingerprint density at radius 2 is 2.27 bits per heavy atom. The van der Waals surface area contributed by atoms with Gasteiger partial charge in [-0.05, 0) is 33.1 Å². The molecule has 0 bridgehead atoms. The summed E-state index contributed by atoms with van der Waals surface area (Å²) in [5.41, 5.74) is 2.27. The second kappa shape index (κ2) is 5.82. The molecule has 2 atom stereocenters. The average Bonchev–Trinajstić information content (AvgIpc) is 3.16. The van der Waals surface area contributed by atoms with Crippen LogP contribution in [-0.4, -0.2) is 38.0 Å². The fourth-order valence-corrected chi connectivity index (χ4v) is 2.81. The molecule has 2 aromatic rings. The summed E-state index contributed by atoms with van der Waals surface area (Å²) in [5.74, 6) is 0.592. The molecule has 0 saturated heterocycles. The van der Waals surface area contributed by atoms with E-state index in [1.807, 2.05) is 27.1 Å². The van der Waals surface area contributed by atoms with E-state index in [2.05, 4.69) is 20.6 Å². The van der Waals surface area contributed by atoms with E-state index in [1.54, 1.807) is 10.9 Å². The molecule has 7 heteroatoms. The van der Waals surface area contributed by atoms with Crippen LogP contribution in [0.5, 0.6) is 5.75 Å². The Hall–Kier alpha value is -2.31. The van der Waals surface area contributed by atoms with Crippen LogP contribution in [0.1, 0.15) is 41.0 Å². The van der Waals surface area contributed by atoms with Gasteiger partial charge in [-0.25, -0.2) is 0 Å². The van der Waals surface area contributed by atoms with Gasteiger partial charge in [-0.2, -0.15) is 10.2 Å². The van der Waals surface area contributed by atoms with E-state index in [0.717, 1.165) is 36.3 Å². The van der Waals surface area contributed by atoms with Crippen molar-refractivity contribution < 1.29 is 9.53 Å². The number of aryl methyl sites for hydroxylation is 2. The molecule has 3 rings (SSSR count). The Morgan fingerprint density at radius 3 is 2.91 bits per heavy atom. The third kappa shape index (κ3) is 2.84. The maximum absolute atomic E-state index is 12.4. The molecule has 0 spiro atoms. The van der Waals surface area contributed by atoms with Gasteiger partial charge in [-0.3, -0.25) is 14.6 Å². The molecule has 1 aliphatic carbocycles. The van der Waals surface area contributed by atoms with Gasteiger partial charge in [0.25, 0.3) is 5.91 Å². The zero-order valence-corrected chi connectivity index (χ0v) is 13.1. The van der Waals surface area contributed by atoms with Crippen molar-refractivity contribution in [3.8, 4) is 5.75 Å². The van der Waals surface area contributed by atoms with Crippen LogP contribution in [-0.2, 0) is 7.05 Å². The Balaban J connectivity index is 1.66. The lowest BCUT2D eigenvalue weighted by atomic mass is 10.1. The van der Waals surface area contributed by atoms with Crippen molar-refractivity contribution in [2.75, 3.05) is 0 Å². The molecule has 7 nitrogen and oxygen atoms in total. The molecule has 0 radical (unpaired) electrons. The first kappa shape index (κ1) is 14.6. The molecule has 0 aliphatic heterocycles. The lowest BCUT2D eigenvalue weighted by Crippen LogP contribution is -2.42. The number of amides is 1. The van der Waals surface area contributed by atoms with E-state index in [9.17, 15) is 4.79 Å². The summed E-state index contributed by atoms with van der Waals surface area (Å²) in [6.45, 7) is 3.80. The maximum Gasteiger partial charge on any atom is 0.272 e. The highest BCUT2D eigenvalue weighted by Crippen LogP contribution is 2.25. The molecule has 22 heavy (non-hydrogen) atoms. The number of nitrogens with zero attached hydrogens (tertiary/aromatic N) is 3. The van der Waals surface area contributed by atoms with E-state index in [-0.39, 0.29) is 18.1 Å². The van der Waals surface area contributed by atoms with Crippen LogP contribution in [0, 0.1) is 13.8 Å². The van der Waals surface area contributed by atoms with E-state index in [1.165, 1.54) is 0 Å². The minimum Gasteiger partial charge on any atom is -0.485 e. The second-order valence-electron chi connectivity index (χ2n) is 5.84. The van der Waals surface area contributed by atoms with Gasteiger partial charge < -0.3 is 10.1 Å². The van der Waals surface area contributed by atoms with Crippen molar-refractivity contribution in [1.29, 1.82) is 0 Å². The van der Waals surface area contributed by atoms with Crippen LogP contribution in [0.4, 0.5) is 0 Å². The number of aromatic nitrogens is 4. The van der Waals surface area contributed by atoms with Gasteiger partial charge in [0.1, 0.15) is 6.10 Å². The predicted octanol–water partition coefficient (Wildman–Crippen LogP) is 1.49. The summed E-state index contributed by atoms with van der Waals surface area (Å²) in [6, 6.07) is 0.00381. The summed E-state index contributed by atoms with van der Waals surface area (Å²) < 4.78 is 7.66. The summed E-state index contributed by atoms with van der Waals surface area (Å²) in [5, 5.41) is 14.1. The van der Waals surface area contributed by atoms with Crippen LogP contribution in [0.15, 0.2) is 12.4 Å². The largest absolute Gasteiger partial charge is 0.485 e. The monoisotopic (exact) mass is 303 g/mol. The molecule has 0 unspecified atom stereocenters. The zero-order valence-electron chi connectivity index (χ0n) is 13.1. The van der Waals surface area contributed by atoms with Gasteiger partial charge in [0.05, 0.1) is 18.4 Å². The normalized spacial score (nSPS) is 21.0. The quantitative estimate of drug-likeness (QED) is 0.896. The summed E-state index contributed by atoms with van der Waals surface area (Å²) >= 11 is 0. The molecule has 1 fully saturated rings. The minimum absolute atomic E-state index is 0.00381. The Kier molecular flexibility index (Phi) is 3.87. The minimum atomic E-state index is -0.145. The van der Waals surface area contributed by atoms with Gasteiger partial charge in [0.2, 0.25) is 0 Å². The van der Waals surface area contributed by atoms with E-state index in [4.69, 9.17) is 4.74 Å². The van der Waals surface area contributed by atoms with Gasteiger partial charge in [-0.15, -0.1) is 0 Å². The molecule has 1 amide bonds. The highest BCUT2D eigenvalue weighted by molar-refractivity contribution is 5.94. The van der Waals surface area contributed by atoms with Crippen molar-refractivity contribution >= 4 is 5.91 Å². The first-order chi connectivity index (χ1) is 10.5. The molecule has 2 aromatic heterocycles. The Bertz CT molecular complexity index is 675. The summed E-state index contributed by atoms with van der Waals surface area (Å²) in [6.07, 6.45) is 6.39. The first-order valence-corrected chi connectivity index (χ1v) is 7.52. The van der Waals surface area contributed by atoms with Crippen LogP contribution >= 0.6 is 0 Å². The fourth-order valence-electron chi connectivity index (χ4n) is 2.81. The second-order valence-corrected chi connectivity index (χ2v) is 5.84. The molecular weight excluding hydrogens is 282 g/mol. The van der Waals surface area contributed by atoms with Crippen LogP contribution in [0.2, 0.25) is 0 Å². The SMILES string of the molecule is Cc1[nH]nc(C(=O)N[C@H]2CCC[C@H]2Oc2cnn(C)c2)c1C. The first-order valence-electron chi connectivity index (χ1n) is 7.52. The standard InChI is InChI=1S/C15H21N5O2/c1-9-10(2)18-19-14(9)15(21)17-12-5-4-6-13(12)22-11-7-16-20(3)8-11/h7-8,12-13H,4-6H2,1-3H3,(H,17,21)(H,18,19)/t12-,13+/m0/s1. The average molecular weight is 303 g/mol. The smallest absolute Gasteiger partial charge is 0.272 e. The van der Waals surface area contributed by atoms with Gasteiger partial charge in [-0.1, -0.05) is 0 Å². The number of hydrogen-bond acceptors (Lipinski definition) is 4. The molecule has 0 aromatic carbocycles. The van der Waals surface area contributed by atoms with Crippen LogP contribution < -0.4 is 10.1 Å². The topological polar surface area (TPSA) is 84.8 Å². The number of ether oxygens (including phenoxy) is 1. The molecule has 2 N–H and O–H groups in total. The molecular formula is C15H21N5O2. The Morgan fingerprint density at radius 1 is 1.45 bits per heavy atom. The third-order valence-electron chi connectivity index (χ3n) is 4.21. The fraction of sp³-hybridized carbons (Fsp3) is 0.533. The molecule has 1 aliphatic rings. The van der Waals surface area contributed by atoms with Gasteiger partial charge >= 0.3 is 0 Å². The lowest BCUT2D eigenvalue weighted by molar-refractivity contribution is 0.0888. The molecule has 2 heterocycles. The number of aromatic amines is 1. The van der Waals surface area contributed by atoms with Crippen molar-refractivity contribution in [2.24, 2.45) is 7.05 Å². The van der Waals surface area contributed by atoms with Crippen molar-refractivity contribution in [3.63, 3.8) is 0 Å². The summed E-state index contributed by atoms with van der Waals surface area (Å²) in [4.78, 5) is 12.4. The van der Waals surface area contributed by atoms with E-state index < -0.39 is 0 Å². The number of H-pyrrole nitrogens is 1. The number of hydrogen-bond donors (Lipinski definition) is 2. The van der Waals surface area contributed by atoms with Crippen LogP contribution in [0.3, 0.4) is 0 Å². The third-order valence-corrected chi connectivity index (χ3v) is 4.21. The number of rotatable bonds is 4. The maximum atomic E-state index is 12.4. The van der Waals surface area contributed by atoms with Gasteiger partial charge in [0, 0.05) is 18.3 Å². The van der Waals surface area contributed by atoms with E-state index >= 15 is 0 Å². The number of nitrogens with one attached hydrogen (secondary N) is 2. The van der Waals surface area contributed by atoms with Crippen molar-refractivity contribution in [3.05, 3.63) is 29.3 Å². The van der Waals surface area contributed by atoms with Crippen molar-refractivity contribution in [1.82, 2.24) is 25.3 Å². The lowest BCUT2D eigenvalue weighted by Gasteiger charge is -2.21. The highest BCUT2D eigenvalue weighted by Gasteiger charge is 2.31. The number of carbonyl (C=O) groups excluding carboxylic acids is 1. The van der Waals surface area contributed by atoms with Gasteiger partial charge in [0.15, 0.2) is 11.4 Å². The van der Waals surface area contributed by atoms with Crippen molar-refractivity contribution in [2.45, 2.75) is 45.3 Å². The summed E-state index contributed by atoms with van der Waals surface area (Å²) in [7, 11) is 1.85. The molecule has 118 valence electrons. The van der Waals surface area contributed by atoms with Crippen LogP contribution in [0.25, 0.3) is 0 Å². The number of carbonyl (C=O) groups is 1. The Labute approximate surface area is 129 Å². The van der Waals surface area contributed by atoms with E-state index in [0.29, 0.717) is 5.69 Å². The molecule has 1 saturated carbocycles. The highest BCUT2D eigenvalue weighted by atomic mass is 16.5. The predicted molar refractivity (Wildman–Crippen MR) is 80.8 cm³/mol.